The molecule has 1 heterocycles. The molecule has 1 unspecified atom stereocenters. The van der Waals surface area contributed by atoms with Gasteiger partial charge < -0.3 is 0 Å². The van der Waals surface area contributed by atoms with Crippen LogP contribution in [0.3, 0.4) is 0 Å². The minimum absolute atomic E-state index is 0.119. The summed E-state index contributed by atoms with van der Waals surface area (Å²) in [5, 5.41) is 0. The highest BCUT2D eigenvalue weighted by Gasteiger charge is 2.28. The molecule has 0 aromatic heterocycles. The third kappa shape index (κ3) is 4.65. The molecule has 0 amide bonds. The fraction of sp³-hybridized carbons (Fsp3) is 0.667. The van der Waals surface area contributed by atoms with Gasteiger partial charge >= 0.3 is 0 Å². The summed E-state index contributed by atoms with van der Waals surface area (Å²) in [6.07, 6.45) is 3.54. The molecular weight excluding hydrogens is 372 g/mol. The van der Waals surface area contributed by atoms with Crippen molar-refractivity contribution in [2.24, 2.45) is 5.92 Å². The first-order chi connectivity index (χ1) is 12.1. The normalized spacial score (nSPS) is 18.4. The van der Waals surface area contributed by atoms with Crippen LogP contribution in [-0.2, 0) is 20.0 Å². The van der Waals surface area contributed by atoms with Crippen molar-refractivity contribution in [3.63, 3.8) is 0 Å². The molecule has 0 saturated carbocycles. The van der Waals surface area contributed by atoms with Crippen LogP contribution in [0.5, 0.6) is 0 Å². The maximum atomic E-state index is 12.8. The van der Waals surface area contributed by atoms with Crippen molar-refractivity contribution in [1.82, 2.24) is 8.61 Å². The lowest BCUT2D eigenvalue weighted by Gasteiger charge is -2.27. The first-order valence-corrected chi connectivity index (χ1v) is 12.0. The van der Waals surface area contributed by atoms with E-state index in [1.807, 2.05) is 6.92 Å². The Bertz CT molecular complexity index is 796. The molecule has 1 saturated heterocycles. The average Bonchev–Trinajstić information content (AvgIpc) is 2.61. The van der Waals surface area contributed by atoms with E-state index in [1.54, 1.807) is 7.05 Å². The number of hydrogen-bond acceptors (Lipinski definition) is 4. The minimum Gasteiger partial charge on any atom is -0.207 e. The molecule has 1 aliphatic heterocycles. The molecule has 1 aromatic rings. The van der Waals surface area contributed by atoms with Gasteiger partial charge in [0, 0.05) is 26.2 Å². The van der Waals surface area contributed by atoms with Crippen LogP contribution in [0.1, 0.15) is 46.5 Å². The van der Waals surface area contributed by atoms with Gasteiger partial charge in [-0.2, -0.15) is 8.61 Å². The van der Waals surface area contributed by atoms with Crippen LogP contribution in [0, 0.1) is 5.92 Å². The van der Waals surface area contributed by atoms with Crippen molar-refractivity contribution >= 4 is 20.0 Å². The van der Waals surface area contributed by atoms with Gasteiger partial charge in [-0.25, -0.2) is 16.8 Å². The van der Waals surface area contributed by atoms with Crippen LogP contribution in [0.4, 0.5) is 0 Å². The molecule has 1 aromatic carbocycles. The van der Waals surface area contributed by atoms with E-state index in [0.29, 0.717) is 19.0 Å². The van der Waals surface area contributed by atoms with E-state index in [0.717, 1.165) is 25.7 Å². The Kier molecular flexibility index (Phi) is 6.87. The van der Waals surface area contributed by atoms with Crippen molar-refractivity contribution < 1.29 is 16.8 Å². The second-order valence-electron chi connectivity index (χ2n) is 7.44. The maximum absolute atomic E-state index is 12.8. The third-order valence-corrected chi connectivity index (χ3v) is 8.79. The molecule has 1 atom stereocenters. The van der Waals surface area contributed by atoms with Gasteiger partial charge in [0.25, 0.3) is 0 Å². The monoisotopic (exact) mass is 402 g/mol. The molecule has 8 heteroatoms. The van der Waals surface area contributed by atoms with Crippen LogP contribution in [0.25, 0.3) is 0 Å². The zero-order valence-corrected chi connectivity index (χ0v) is 17.7. The number of nitrogens with zero attached hydrogens (tertiary/aromatic N) is 2. The van der Waals surface area contributed by atoms with E-state index in [9.17, 15) is 16.8 Å². The van der Waals surface area contributed by atoms with Crippen molar-refractivity contribution in [1.29, 1.82) is 0 Å². The van der Waals surface area contributed by atoms with Crippen molar-refractivity contribution in [3.05, 3.63) is 24.3 Å². The standard InChI is InChI=1S/C18H30N2O4S2/c1-15(2)14-16(3)19(4)25(21,22)17-8-10-18(11-9-17)26(23,24)20-12-6-5-7-13-20/h8-11,15-16H,5-7,12-14H2,1-4H3. The van der Waals surface area contributed by atoms with Gasteiger partial charge in [-0.15, -0.1) is 0 Å². The molecule has 2 rings (SSSR count). The van der Waals surface area contributed by atoms with Gasteiger partial charge in [0.1, 0.15) is 0 Å². The Morgan fingerprint density at radius 3 is 1.92 bits per heavy atom. The molecule has 0 aliphatic carbocycles. The van der Waals surface area contributed by atoms with E-state index in [1.165, 1.54) is 32.9 Å². The van der Waals surface area contributed by atoms with Crippen LogP contribution < -0.4 is 0 Å². The third-order valence-electron chi connectivity index (χ3n) is 4.89. The molecule has 1 fully saturated rings. The van der Waals surface area contributed by atoms with Gasteiger partial charge in [0.15, 0.2) is 0 Å². The summed E-state index contributed by atoms with van der Waals surface area (Å²) in [7, 11) is -5.63. The first kappa shape index (κ1) is 21.3. The fourth-order valence-electron chi connectivity index (χ4n) is 3.27. The quantitative estimate of drug-likeness (QED) is 0.703. The van der Waals surface area contributed by atoms with Crippen LogP contribution in [0.2, 0.25) is 0 Å². The van der Waals surface area contributed by atoms with E-state index in [4.69, 9.17) is 0 Å². The Labute approximate surface area is 158 Å². The number of hydrogen-bond donors (Lipinski definition) is 0. The summed E-state index contributed by atoms with van der Waals surface area (Å²) in [6.45, 7) is 7.04. The van der Waals surface area contributed by atoms with E-state index in [2.05, 4.69) is 13.8 Å². The Hall–Kier alpha value is -0.960. The summed E-state index contributed by atoms with van der Waals surface area (Å²) >= 11 is 0. The summed E-state index contributed by atoms with van der Waals surface area (Å²) in [5.41, 5.74) is 0. The molecule has 6 nitrogen and oxygen atoms in total. The highest BCUT2D eigenvalue weighted by Crippen LogP contribution is 2.24. The van der Waals surface area contributed by atoms with Crippen molar-refractivity contribution in [2.75, 3.05) is 20.1 Å². The van der Waals surface area contributed by atoms with E-state index >= 15 is 0 Å². The first-order valence-electron chi connectivity index (χ1n) is 9.15. The highest BCUT2D eigenvalue weighted by molar-refractivity contribution is 7.89. The van der Waals surface area contributed by atoms with Gasteiger partial charge in [0.05, 0.1) is 9.79 Å². The van der Waals surface area contributed by atoms with Crippen molar-refractivity contribution in [2.45, 2.75) is 62.3 Å². The zero-order chi connectivity index (χ0) is 19.5. The second-order valence-corrected chi connectivity index (χ2v) is 11.4. The molecule has 26 heavy (non-hydrogen) atoms. The van der Waals surface area contributed by atoms with Crippen molar-refractivity contribution in [3.8, 4) is 0 Å². The topological polar surface area (TPSA) is 74.8 Å². The molecule has 1 aliphatic rings. The lowest BCUT2D eigenvalue weighted by molar-refractivity contribution is 0.337. The van der Waals surface area contributed by atoms with E-state index < -0.39 is 20.0 Å². The summed E-state index contributed by atoms with van der Waals surface area (Å²) in [6, 6.07) is 5.46. The molecular formula is C18H30N2O4S2. The lowest BCUT2D eigenvalue weighted by atomic mass is 10.1. The second kappa shape index (κ2) is 8.37. The summed E-state index contributed by atoms with van der Waals surface area (Å²) < 4.78 is 53.8. The number of benzene rings is 1. The Morgan fingerprint density at radius 2 is 1.42 bits per heavy atom. The molecule has 0 radical (unpaired) electrons. The maximum Gasteiger partial charge on any atom is 0.243 e. The number of rotatable bonds is 7. The van der Waals surface area contributed by atoms with Crippen LogP contribution in [-0.4, -0.2) is 51.6 Å². The number of sulfonamides is 2. The molecule has 0 spiro atoms. The highest BCUT2D eigenvalue weighted by atomic mass is 32.2. The minimum atomic E-state index is -3.65. The van der Waals surface area contributed by atoms with E-state index in [-0.39, 0.29) is 15.8 Å². The smallest absolute Gasteiger partial charge is 0.207 e. The molecule has 0 N–H and O–H groups in total. The predicted molar refractivity (Wildman–Crippen MR) is 103 cm³/mol. The molecule has 0 bridgehead atoms. The van der Waals surface area contributed by atoms with Crippen LogP contribution in [0.15, 0.2) is 34.1 Å². The predicted octanol–water partition coefficient (Wildman–Crippen LogP) is 2.92. The lowest BCUT2D eigenvalue weighted by Crippen LogP contribution is -2.36. The van der Waals surface area contributed by atoms with Gasteiger partial charge in [-0.05, 0) is 56.4 Å². The molecule has 148 valence electrons. The summed E-state index contributed by atoms with van der Waals surface area (Å²) in [4.78, 5) is 0.268. The Morgan fingerprint density at radius 1 is 0.923 bits per heavy atom. The zero-order valence-electron chi connectivity index (χ0n) is 16.1. The van der Waals surface area contributed by atoms with Gasteiger partial charge in [-0.1, -0.05) is 20.3 Å². The number of piperidine rings is 1. The SMILES string of the molecule is CC(C)CC(C)N(C)S(=O)(=O)c1ccc(S(=O)(=O)N2CCCCC2)cc1. The van der Waals surface area contributed by atoms with Crippen LogP contribution >= 0.6 is 0 Å². The fourth-order valence-corrected chi connectivity index (χ4v) is 6.16. The van der Waals surface area contributed by atoms with Gasteiger partial charge in [0.2, 0.25) is 20.0 Å². The largest absolute Gasteiger partial charge is 0.243 e. The van der Waals surface area contributed by atoms with Gasteiger partial charge in [-0.3, -0.25) is 0 Å². The Balaban J connectivity index is 2.22. The average molecular weight is 403 g/mol. The summed E-state index contributed by atoms with van der Waals surface area (Å²) in [5.74, 6) is 0.389.